The lowest BCUT2D eigenvalue weighted by Crippen LogP contribution is -1.98. The van der Waals surface area contributed by atoms with E-state index in [2.05, 4.69) is 18.8 Å². The Morgan fingerprint density at radius 3 is 2.62 bits per heavy atom. The molecule has 0 aliphatic rings. The maximum absolute atomic E-state index is 10.2. The summed E-state index contributed by atoms with van der Waals surface area (Å²) in [6.07, 6.45) is 2.28. The van der Waals surface area contributed by atoms with Crippen LogP contribution in [0.25, 0.3) is 0 Å². The standard InChI is InChI=1S/C13H17NO2/c1-4-10-5-6-11(9(2)3)12(13(10)16)7-14-8-15/h5-6,9,16H,4,7H2,1-3H3. The second-order valence-electron chi connectivity index (χ2n) is 4.06. The average Bonchev–Trinajstić information content (AvgIpc) is 2.26. The number of aryl methyl sites for hydroxylation is 1. The predicted molar refractivity (Wildman–Crippen MR) is 63.4 cm³/mol. The fraction of sp³-hybridized carbons (Fsp3) is 0.462. The van der Waals surface area contributed by atoms with Crippen molar-refractivity contribution < 1.29 is 9.90 Å². The molecule has 1 aromatic rings. The fourth-order valence-electron chi connectivity index (χ4n) is 1.80. The Bertz CT molecular complexity index is 418. The van der Waals surface area contributed by atoms with E-state index in [-0.39, 0.29) is 12.3 Å². The van der Waals surface area contributed by atoms with Crippen LogP contribution in [0.5, 0.6) is 5.75 Å². The van der Waals surface area contributed by atoms with E-state index in [0.29, 0.717) is 5.92 Å². The maximum Gasteiger partial charge on any atom is 0.235 e. The van der Waals surface area contributed by atoms with Gasteiger partial charge in [-0.2, -0.15) is 0 Å². The van der Waals surface area contributed by atoms with E-state index < -0.39 is 0 Å². The van der Waals surface area contributed by atoms with Gasteiger partial charge in [-0.15, -0.1) is 0 Å². The zero-order valence-corrected chi connectivity index (χ0v) is 9.95. The molecule has 3 nitrogen and oxygen atoms in total. The number of benzene rings is 1. The van der Waals surface area contributed by atoms with Crippen LogP contribution in [0.15, 0.2) is 17.1 Å². The lowest BCUT2D eigenvalue weighted by Gasteiger charge is -2.15. The summed E-state index contributed by atoms with van der Waals surface area (Å²) in [4.78, 5) is 13.7. The summed E-state index contributed by atoms with van der Waals surface area (Å²) in [5, 5.41) is 10.1. The summed E-state index contributed by atoms with van der Waals surface area (Å²) in [7, 11) is 0. The van der Waals surface area contributed by atoms with Crippen molar-refractivity contribution in [3.63, 3.8) is 0 Å². The van der Waals surface area contributed by atoms with Crippen LogP contribution in [0, 0.1) is 0 Å². The molecule has 0 fully saturated rings. The highest BCUT2D eigenvalue weighted by Gasteiger charge is 2.13. The minimum atomic E-state index is 0.205. The van der Waals surface area contributed by atoms with Crippen molar-refractivity contribution in [2.24, 2.45) is 4.99 Å². The van der Waals surface area contributed by atoms with Gasteiger partial charge in [0.2, 0.25) is 6.08 Å². The normalized spacial score (nSPS) is 10.2. The van der Waals surface area contributed by atoms with E-state index in [4.69, 9.17) is 0 Å². The first-order valence-corrected chi connectivity index (χ1v) is 5.49. The molecule has 0 aromatic heterocycles. The summed E-state index contributed by atoms with van der Waals surface area (Å²) in [6, 6.07) is 3.93. The Labute approximate surface area is 95.8 Å². The van der Waals surface area contributed by atoms with Crippen LogP contribution in [0.3, 0.4) is 0 Å². The highest BCUT2D eigenvalue weighted by molar-refractivity contribution is 5.47. The van der Waals surface area contributed by atoms with Crippen molar-refractivity contribution >= 4 is 6.08 Å². The number of phenols is 1. The molecule has 1 N–H and O–H groups in total. The summed E-state index contributed by atoms with van der Waals surface area (Å²) in [5.41, 5.74) is 2.67. The molecule has 0 saturated heterocycles. The molecule has 0 amide bonds. The van der Waals surface area contributed by atoms with Crippen LogP contribution < -0.4 is 0 Å². The van der Waals surface area contributed by atoms with E-state index in [1.54, 1.807) is 0 Å². The van der Waals surface area contributed by atoms with Crippen molar-refractivity contribution in [1.82, 2.24) is 0 Å². The van der Waals surface area contributed by atoms with Crippen LogP contribution >= 0.6 is 0 Å². The van der Waals surface area contributed by atoms with Crippen molar-refractivity contribution in [1.29, 1.82) is 0 Å². The highest BCUT2D eigenvalue weighted by Crippen LogP contribution is 2.31. The summed E-state index contributed by atoms with van der Waals surface area (Å²) < 4.78 is 0. The van der Waals surface area contributed by atoms with Crippen molar-refractivity contribution in [2.45, 2.75) is 39.7 Å². The molecule has 0 aliphatic heterocycles. The van der Waals surface area contributed by atoms with E-state index in [1.807, 2.05) is 19.1 Å². The molecule has 3 heteroatoms. The first-order valence-electron chi connectivity index (χ1n) is 5.49. The summed E-state index contributed by atoms with van der Waals surface area (Å²) in [5.74, 6) is 0.571. The molecule has 16 heavy (non-hydrogen) atoms. The molecule has 0 saturated carbocycles. The topological polar surface area (TPSA) is 49.7 Å². The molecule has 86 valence electrons. The maximum atomic E-state index is 10.2. The number of rotatable bonds is 4. The fourth-order valence-corrected chi connectivity index (χ4v) is 1.80. The van der Waals surface area contributed by atoms with Gasteiger partial charge in [0.25, 0.3) is 0 Å². The van der Waals surface area contributed by atoms with Gasteiger partial charge in [0.05, 0.1) is 6.54 Å². The van der Waals surface area contributed by atoms with Gasteiger partial charge in [0, 0.05) is 5.56 Å². The number of hydrogen-bond donors (Lipinski definition) is 1. The van der Waals surface area contributed by atoms with Gasteiger partial charge >= 0.3 is 0 Å². The number of nitrogens with zero attached hydrogens (tertiary/aromatic N) is 1. The van der Waals surface area contributed by atoms with Crippen LogP contribution in [-0.4, -0.2) is 11.2 Å². The Morgan fingerprint density at radius 1 is 1.44 bits per heavy atom. The van der Waals surface area contributed by atoms with Gasteiger partial charge in [-0.05, 0) is 23.5 Å². The molecule has 0 heterocycles. The van der Waals surface area contributed by atoms with Crippen molar-refractivity contribution in [2.75, 3.05) is 0 Å². The molecule has 0 aliphatic carbocycles. The number of aromatic hydroxyl groups is 1. The van der Waals surface area contributed by atoms with Gasteiger partial charge in [-0.3, -0.25) is 0 Å². The van der Waals surface area contributed by atoms with Crippen LogP contribution in [-0.2, 0) is 17.8 Å². The van der Waals surface area contributed by atoms with Crippen molar-refractivity contribution in [3.05, 3.63) is 28.8 Å². The van der Waals surface area contributed by atoms with Crippen molar-refractivity contribution in [3.8, 4) is 5.75 Å². The van der Waals surface area contributed by atoms with E-state index in [1.165, 1.54) is 6.08 Å². The van der Waals surface area contributed by atoms with E-state index in [0.717, 1.165) is 23.1 Å². The van der Waals surface area contributed by atoms with Gasteiger partial charge in [-0.1, -0.05) is 32.9 Å². The van der Waals surface area contributed by atoms with Crippen LogP contribution in [0.1, 0.15) is 43.4 Å². The first kappa shape index (κ1) is 12.5. The third kappa shape index (κ3) is 2.50. The van der Waals surface area contributed by atoms with Crippen LogP contribution in [0.4, 0.5) is 0 Å². The Hall–Kier alpha value is -1.60. The molecule has 0 unspecified atom stereocenters. The zero-order valence-electron chi connectivity index (χ0n) is 9.95. The van der Waals surface area contributed by atoms with Gasteiger partial charge < -0.3 is 5.11 Å². The second kappa shape index (κ2) is 5.47. The SMILES string of the molecule is CCc1ccc(C(C)C)c(CN=C=O)c1O. The molecule has 0 radical (unpaired) electrons. The van der Waals surface area contributed by atoms with E-state index in [9.17, 15) is 9.90 Å². The van der Waals surface area contributed by atoms with Gasteiger partial charge in [-0.25, -0.2) is 9.79 Å². The van der Waals surface area contributed by atoms with Crippen LogP contribution in [0.2, 0.25) is 0 Å². The molecule has 0 spiro atoms. The number of phenolic OH excluding ortho intramolecular Hbond substituents is 1. The summed E-state index contributed by atoms with van der Waals surface area (Å²) >= 11 is 0. The lowest BCUT2D eigenvalue weighted by atomic mass is 9.93. The molecular weight excluding hydrogens is 202 g/mol. The minimum Gasteiger partial charge on any atom is -0.507 e. The average molecular weight is 219 g/mol. The quantitative estimate of drug-likeness (QED) is 0.625. The molecular formula is C13H17NO2. The molecule has 0 bridgehead atoms. The van der Waals surface area contributed by atoms with E-state index >= 15 is 0 Å². The zero-order chi connectivity index (χ0) is 12.1. The molecule has 1 rings (SSSR count). The second-order valence-corrected chi connectivity index (χ2v) is 4.06. The first-order chi connectivity index (χ1) is 7.61. The Balaban J connectivity index is 3.29. The Kier molecular flexibility index (Phi) is 4.27. The van der Waals surface area contributed by atoms with Gasteiger partial charge in [0.15, 0.2) is 0 Å². The Morgan fingerprint density at radius 2 is 2.12 bits per heavy atom. The highest BCUT2D eigenvalue weighted by atomic mass is 16.3. The molecule has 0 atom stereocenters. The monoisotopic (exact) mass is 219 g/mol. The predicted octanol–water partition coefficient (Wildman–Crippen LogP) is 2.91. The summed E-state index contributed by atoms with van der Waals surface area (Å²) in [6.45, 7) is 6.29. The largest absolute Gasteiger partial charge is 0.507 e. The smallest absolute Gasteiger partial charge is 0.235 e. The third-order valence-corrected chi connectivity index (χ3v) is 2.71. The van der Waals surface area contributed by atoms with Gasteiger partial charge in [0.1, 0.15) is 5.75 Å². The minimum absolute atomic E-state index is 0.205. The molecule has 1 aromatic carbocycles. The number of carbonyl (C=O) groups excluding carboxylic acids is 1. The number of isocyanates is 1. The number of aliphatic imine (C=N–C) groups is 1. The lowest BCUT2D eigenvalue weighted by molar-refractivity contribution is 0.460. The third-order valence-electron chi connectivity index (χ3n) is 2.71. The number of hydrogen-bond acceptors (Lipinski definition) is 3.